The van der Waals surface area contributed by atoms with E-state index >= 15 is 0 Å². The summed E-state index contributed by atoms with van der Waals surface area (Å²) in [6, 6.07) is 90.8. The fourth-order valence-electron chi connectivity index (χ4n) is 13.1. The topological polar surface area (TPSA) is 148 Å². The van der Waals surface area contributed by atoms with Crippen LogP contribution in [-0.2, 0) is 0 Å². The zero-order valence-electron chi connectivity index (χ0n) is 50.6. The second kappa shape index (κ2) is 23.9. The van der Waals surface area contributed by atoms with E-state index in [0.717, 1.165) is 111 Å². The molecule has 12 nitrogen and oxygen atoms in total. The fourth-order valence-corrected chi connectivity index (χ4v) is 13.1. The number of rotatable bonds is 10. The Morgan fingerprint density at radius 3 is 1.15 bits per heavy atom. The van der Waals surface area contributed by atoms with Gasteiger partial charge in [-0.25, -0.2) is 29.3 Å². The fraction of sp³-hybridized carbons (Fsp3) is 0. The molecule has 0 amide bonds. The molecule has 0 aliphatic rings. The Morgan fingerprint density at radius 2 is 0.698 bits per heavy atom. The van der Waals surface area contributed by atoms with Gasteiger partial charge in [-0.05, 0) is 142 Å². The van der Waals surface area contributed by atoms with Gasteiger partial charge in [0, 0.05) is 49.4 Å². The average molecular weight is 1220 g/mol. The largest absolute Gasteiger partial charge is 0.309 e. The van der Waals surface area contributed by atoms with Crippen molar-refractivity contribution in [2.45, 2.75) is 0 Å². The molecule has 15 aromatic rings. The van der Waals surface area contributed by atoms with Gasteiger partial charge in [-0.2, -0.15) is 21.0 Å². The molecule has 0 radical (unpaired) electrons. The van der Waals surface area contributed by atoms with Gasteiger partial charge >= 0.3 is 0 Å². The molecule has 0 N–H and O–H groups in total. The predicted octanol–water partition coefficient (Wildman–Crippen LogP) is 21.7. The van der Waals surface area contributed by atoms with Crippen LogP contribution in [0.1, 0.15) is 22.3 Å². The number of nitrogens with zero attached hydrogens (tertiary/aromatic N) is 12. The second-order valence-electron chi connectivity index (χ2n) is 22.9. The molecule has 12 aromatic carbocycles. The van der Waals surface area contributed by atoms with Gasteiger partial charge in [-0.3, -0.25) is 0 Å². The molecule has 0 unspecified atom stereocenters. The summed E-state index contributed by atoms with van der Waals surface area (Å²) in [5, 5.41) is 44.2. The molecule has 3 aromatic heterocycles. The zero-order valence-corrected chi connectivity index (χ0v) is 50.6. The van der Waals surface area contributed by atoms with Crippen LogP contribution in [0.4, 0.5) is 22.7 Å². The monoisotopic (exact) mass is 1220 g/mol. The Balaban J connectivity index is 1.03. The number of hydrogen-bond donors (Lipinski definition) is 0. The lowest BCUT2D eigenvalue weighted by atomic mass is 9.95. The van der Waals surface area contributed by atoms with Gasteiger partial charge in [0.05, 0.1) is 118 Å². The lowest BCUT2D eigenvalue weighted by Crippen LogP contribution is -2.02. The van der Waals surface area contributed by atoms with Crippen molar-refractivity contribution in [3.8, 4) is 125 Å². The standard InChI is InChI=1S/C84H42N12/c1-89-62-26-30-66(76(44-62)91-3)57-23-34-80-72(41-57)73-42-58(67-31-27-63(90-2)45-77(67)92-4)24-35-81(73)95(80)78-18-12-11-17-68(78)69-43-59(75-46-74(53-13-7-5-8-14-53)93-84(94-75)54-15-9-6-10-16-54)25-36-79(69)96-82-32-21-55(64-28-19-51(47-85)37-60(64)49-87)39-70(82)71-40-56(22-33-83(71)96)65-29-20-52(48-86)38-61(65)50-88/h5-46H. The molecule has 0 saturated carbocycles. The quantitative estimate of drug-likeness (QED) is 0.125. The summed E-state index contributed by atoms with van der Waals surface area (Å²) in [5.41, 5.74) is 19.2. The van der Waals surface area contributed by atoms with Gasteiger partial charge < -0.3 is 9.13 Å². The van der Waals surface area contributed by atoms with Crippen molar-refractivity contribution < 1.29 is 0 Å². The van der Waals surface area contributed by atoms with E-state index in [0.29, 0.717) is 78.8 Å². The van der Waals surface area contributed by atoms with E-state index in [1.807, 2.05) is 115 Å². The highest BCUT2D eigenvalue weighted by Gasteiger charge is 2.25. The van der Waals surface area contributed by atoms with E-state index in [9.17, 15) is 21.0 Å². The van der Waals surface area contributed by atoms with E-state index in [-0.39, 0.29) is 0 Å². The third-order valence-electron chi connectivity index (χ3n) is 17.6. The Hall–Kier alpha value is -14.8. The molecular weight excluding hydrogens is 1180 g/mol. The van der Waals surface area contributed by atoms with Crippen LogP contribution in [-0.4, -0.2) is 19.1 Å². The van der Waals surface area contributed by atoms with E-state index in [4.69, 9.17) is 36.3 Å². The van der Waals surface area contributed by atoms with Gasteiger partial charge in [0.15, 0.2) is 28.6 Å². The zero-order chi connectivity index (χ0) is 65.6. The highest BCUT2D eigenvalue weighted by molar-refractivity contribution is 6.15. The molecule has 0 aliphatic carbocycles. The van der Waals surface area contributed by atoms with Crippen LogP contribution in [0.3, 0.4) is 0 Å². The smallest absolute Gasteiger partial charge is 0.184 e. The van der Waals surface area contributed by atoms with Crippen LogP contribution >= 0.6 is 0 Å². The van der Waals surface area contributed by atoms with E-state index in [2.05, 4.69) is 132 Å². The highest BCUT2D eigenvalue weighted by Crippen LogP contribution is 2.47. The number of aromatic nitrogens is 4. The summed E-state index contributed by atoms with van der Waals surface area (Å²) in [6.45, 7) is 31.9. The summed E-state index contributed by atoms with van der Waals surface area (Å²) in [4.78, 5) is 25.5. The molecule has 3 heterocycles. The minimum Gasteiger partial charge on any atom is -0.309 e. The molecule has 0 saturated heterocycles. The maximum Gasteiger partial charge on any atom is 0.184 e. The van der Waals surface area contributed by atoms with Crippen LogP contribution in [0.25, 0.3) is 164 Å². The summed E-state index contributed by atoms with van der Waals surface area (Å²) in [7, 11) is 0. The summed E-state index contributed by atoms with van der Waals surface area (Å²) in [6.07, 6.45) is 0. The van der Waals surface area contributed by atoms with Gasteiger partial charge in [0.1, 0.15) is 0 Å². The van der Waals surface area contributed by atoms with Crippen LogP contribution in [0.5, 0.6) is 0 Å². The first-order chi connectivity index (χ1) is 47.2. The van der Waals surface area contributed by atoms with Crippen molar-refractivity contribution in [3.05, 3.63) is 323 Å². The molecule has 0 fully saturated rings. The predicted molar refractivity (Wildman–Crippen MR) is 378 cm³/mol. The number of benzene rings is 12. The first-order valence-corrected chi connectivity index (χ1v) is 30.3. The average Bonchev–Trinajstić information content (AvgIpc) is 1.57. The third kappa shape index (κ3) is 9.91. The van der Waals surface area contributed by atoms with Crippen molar-refractivity contribution in [1.29, 1.82) is 21.0 Å². The van der Waals surface area contributed by atoms with E-state index in [1.165, 1.54) is 0 Å². The number of nitriles is 4. The molecule has 438 valence electrons. The number of para-hydroxylation sites is 1. The van der Waals surface area contributed by atoms with E-state index < -0.39 is 0 Å². The lowest BCUT2D eigenvalue weighted by molar-refractivity contribution is 1.16. The number of hydrogen-bond acceptors (Lipinski definition) is 6. The first-order valence-electron chi connectivity index (χ1n) is 30.3. The third-order valence-corrected chi connectivity index (χ3v) is 17.6. The van der Waals surface area contributed by atoms with Gasteiger partial charge in [-0.15, -0.1) is 0 Å². The maximum absolute atomic E-state index is 10.5. The Kier molecular flexibility index (Phi) is 14.3. The van der Waals surface area contributed by atoms with Crippen molar-refractivity contribution in [2.75, 3.05) is 0 Å². The van der Waals surface area contributed by atoms with Crippen LogP contribution in [0, 0.1) is 71.6 Å². The maximum atomic E-state index is 10.5. The SMILES string of the molecule is [C-]#[N+]c1ccc(-c2ccc3c(c2)c2cc(-c4ccc([N+]#[C-])cc4[N+]#[C-])ccc2n3-c2ccccc2-c2cc(-c3cc(-c4ccccc4)nc(-c4ccccc4)n3)ccc2-n2c3ccc(-c4ccc(C#N)cc4C#N)cc3c3cc(-c4ccc(C#N)cc4C#N)ccc32)c([N+]#[C-])c1. The minimum atomic E-state index is 0.349. The Labute approximate surface area is 551 Å². The van der Waals surface area contributed by atoms with Crippen LogP contribution in [0.15, 0.2) is 255 Å². The normalized spacial score (nSPS) is 10.8. The van der Waals surface area contributed by atoms with Crippen molar-refractivity contribution in [2.24, 2.45) is 0 Å². The summed E-state index contributed by atoms with van der Waals surface area (Å²) in [5.74, 6) is 0.552. The molecular formula is C84H42N12. The van der Waals surface area contributed by atoms with Crippen LogP contribution < -0.4 is 0 Å². The minimum absolute atomic E-state index is 0.349. The van der Waals surface area contributed by atoms with Crippen molar-refractivity contribution in [3.63, 3.8) is 0 Å². The first kappa shape index (κ1) is 57.7. The molecule has 0 aliphatic heterocycles. The second-order valence-corrected chi connectivity index (χ2v) is 22.9. The van der Waals surface area contributed by atoms with Crippen molar-refractivity contribution >= 4 is 66.4 Å². The van der Waals surface area contributed by atoms with Crippen molar-refractivity contribution in [1.82, 2.24) is 19.1 Å². The van der Waals surface area contributed by atoms with Gasteiger partial charge in [-0.1, -0.05) is 158 Å². The Morgan fingerprint density at radius 1 is 0.292 bits per heavy atom. The molecule has 0 spiro atoms. The summed E-state index contributed by atoms with van der Waals surface area (Å²) < 4.78 is 4.50. The van der Waals surface area contributed by atoms with Crippen LogP contribution in [0.2, 0.25) is 0 Å². The molecule has 96 heavy (non-hydrogen) atoms. The lowest BCUT2D eigenvalue weighted by Gasteiger charge is -2.20. The highest BCUT2D eigenvalue weighted by atomic mass is 15.0. The van der Waals surface area contributed by atoms with E-state index in [1.54, 1.807) is 60.7 Å². The molecule has 12 heteroatoms. The van der Waals surface area contributed by atoms with Gasteiger partial charge in [0.2, 0.25) is 0 Å². The van der Waals surface area contributed by atoms with Gasteiger partial charge in [0.25, 0.3) is 0 Å². The molecule has 15 rings (SSSR count). The summed E-state index contributed by atoms with van der Waals surface area (Å²) >= 11 is 0. The molecule has 0 bridgehead atoms. The number of fused-ring (bicyclic) bond motifs is 6. The Bertz CT molecular complexity index is 5870. The molecule has 0 atom stereocenters.